The van der Waals surface area contributed by atoms with Crippen LogP contribution in [0.25, 0.3) is 0 Å². The number of anilines is 1. The fourth-order valence-electron chi connectivity index (χ4n) is 2.01. The Kier molecular flexibility index (Phi) is 4.06. The maximum absolute atomic E-state index is 12.0. The molecular weight excluding hydrogens is 291 g/mol. The fraction of sp³-hybridized carbons (Fsp3) is 0.385. The zero-order chi connectivity index (χ0) is 15.6. The second-order valence-electron chi connectivity index (χ2n) is 4.64. The number of hydrogen-bond donors (Lipinski definition) is 1. The maximum atomic E-state index is 12.0. The van der Waals surface area contributed by atoms with Gasteiger partial charge in [0.25, 0.3) is 0 Å². The van der Waals surface area contributed by atoms with Crippen LogP contribution in [0.15, 0.2) is 24.3 Å². The first-order valence-electron chi connectivity index (χ1n) is 6.09. The number of halogens is 3. The molecule has 8 heteroatoms. The van der Waals surface area contributed by atoms with Crippen LogP contribution in [0, 0.1) is 5.92 Å². The van der Waals surface area contributed by atoms with Crippen LogP contribution in [0.2, 0.25) is 0 Å². The summed E-state index contributed by atoms with van der Waals surface area (Å²) in [6, 6.07) is 5.46. The monoisotopic (exact) mass is 303 g/mol. The largest absolute Gasteiger partial charge is 0.484 e. The molecule has 2 rings (SSSR count). The van der Waals surface area contributed by atoms with E-state index in [-0.39, 0.29) is 24.6 Å². The van der Waals surface area contributed by atoms with E-state index in [0.717, 1.165) is 0 Å². The zero-order valence-electron chi connectivity index (χ0n) is 10.8. The molecule has 1 amide bonds. The molecule has 1 aliphatic rings. The standard InChI is InChI=1S/C13H12F3NO4/c14-13(15,16)7-21-10-3-1-9(2-4-10)17-6-8(12(19)20)5-11(17)18/h1-4,8H,5-7H2,(H,19,20). The van der Waals surface area contributed by atoms with Gasteiger partial charge in [0.05, 0.1) is 5.92 Å². The summed E-state index contributed by atoms with van der Waals surface area (Å²) in [5, 5.41) is 8.88. The third-order valence-electron chi connectivity index (χ3n) is 3.03. The molecule has 1 aromatic rings. The lowest BCUT2D eigenvalue weighted by atomic mass is 10.1. The molecule has 1 heterocycles. The second kappa shape index (κ2) is 5.63. The van der Waals surface area contributed by atoms with Crippen LogP contribution in [0.3, 0.4) is 0 Å². The van der Waals surface area contributed by atoms with Gasteiger partial charge in [-0.1, -0.05) is 0 Å². The molecule has 1 unspecified atom stereocenters. The minimum Gasteiger partial charge on any atom is -0.484 e. The summed E-state index contributed by atoms with van der Waals surface area (Å²) in [6.07, 6.45) is -4.50. The SMILES string of the molecule is O=C(O)C1CC(=O)N(c2ccc(OCC(F)(F)F)cc2)C1. The topological polar surface area (TPSA) is 66.8 Å². The van der Waals surface area contributed by atoms with Crippen molar-refractivity contribution in [3.8, 4) is 5.75 Å². The number of amides is 1. The van der Waals surface area contributed by atoms with Crippen LogP contribution in [0.4, 0.5) is 18.9 Å². The number of nitrogens with zero attached hydrogens (tertiary/aromatic N) is 1. The number of ether oxygens (including phenoxy) is 1. The lowest BCUT2D eigenvalue weighted by Gasteiger charge is -2.16. The van der Waals surface area contributed by atoms with Crippen molar-refractivity contribution in [3.63, 3.8) is 0 Å². The van der Waals surface area contributed by atoms with Crippen molar-refractivity contribution in [2.24, 2.45) is 5.92 Å². The van der Waals surface area contributed by atoms with E-state index in [1.807, 2.05) is 0 Å². The van der Waals surface area contributed by atoms with E-state index in [2.05, 4.69) is 4.74 Å². The smallest absolute Gasteiger partial charge is 0.422 e. The van der Waals surface area contributed by atoms with E-state index in [1.54, 1.807) is 0 Å². The van der Waals surface area contributed by atoms with Crippen LogP contribution >= 0.6 is 0 Å². The van der Waals surface area contributed by atoms with Gasteiger partial charge in [0.2, 0.25) is 5.91 Å². The van der Waals surface area contributed by atoms with Gasteiger partial charge in [0.15, 0.2) is 6.61 Å². The van der Waals surface area contributed by atoms with E-state index < -0.39 is 24.7 Å². The predicted molar refractivity (Wildman–Crippen MR) is 66.1 cm³/mol. The van der Waals surface area contributed by atoms with Gasteiger partial charge < -0.3 is 14.7 Å². The Morgan fingerprint density at radius 3 is 2.43 bits per heavy atom. The number of hydrogen-bond acceptors (Lipinski definition) is 3. The molecule has 0 aromatic heterocycles. The normalized spacial score (nSPS) is 18.9. The van der Waals surface area contributed by atoms with Crippen LogP contribution in [-0.2, 0) is 9.59 Å². The van der Waals surface area contributed by atoms with E-state index >= 15 is 0 Å². The minimum atomic E-state index is -4.42. The van der Waals surface area contributed by atoms with E-state index in [4.69, 9.17) is 5.11 Å². The van der Waals surface area contributed by atoms with Gasteiger partial charge in [-0.25, -0.2) is 0 Å². The van der Waals surface area contributed by atoms with Gasteiger partial charge in [0.1, 0.15) is 5.75 Å². The van der Waals surface area contributed by atoms with Crippen molar-refractivity contribution in [2.75, 3.05) is 18.1 Å². The summed E-state index contributed by atoms with van der Waals surface area (Å²) in [5.74, 6) is -2.11. The van der Waals surface area contributed by atoms with Crippen molar-refractivity contribution in [1.82, 2.24) is 0 Å². The van der Waals surface area contributed by atoms with Gasteiger partial charge in [-0.2, -0.15) is 13.2 Å². The summed E-state index contributed by atoms with van der Waals surface area (Å²) in [7, 11) is 0. The first-order chi connectivity index (χ1) is 9.76. The maximum Gasteiger partial charge on any atom is 0.422 e. The number of carboxylic acid groups (broad SMARTS) is 1. The minimum absolute atomic E-state index is 0.0255. The average Bonchev–Trinajstić information content (AvgIpc) is 2.78. The van der Waals surface area contributed by atoms with E-state index in [0.29, 0.717) is 5.69 Å². The third kappa shape index (κ3) is 3.87. The number of aliphatic carboxylic acids is 1. The Morgan fingerprint density at radius 2 is 1.95 bits per heavy atom. The summed E-state index contributed by atoms with van der Waals surface area (Å²) in [4.78, 5) is 23.9. The summed E-state index contributed by atoms with van der Waals surface area (Å²) < 4.78 is 40.6. The highest BCUT2D eigenvalue weighted by Crippen LogP contribution is 2.27. The van der Waals surface area contributed by atoms with Crippen LogP contribution in [-0.4, -0.2) is 36.3 Å². The molecule has 1 fully saturated rings. The highest BCUT2D eigenvalue weighted by Gasteiger charge is 2.35. The molecule has 0 spiro atoms. The van der Waals surface area contributed by atoms with Crippen LogP contribution in [0.5, 0.6) is 5.75 Å². The molecule has 5 nitrogen and oxygen atoms in total. The van der Waals surface area contributed by atoms with Crippen molar-refractivity contribution in [2.45, 2.75) is 12.6 Å². The van der Waals surface area contributed by atoms with Crippen molar-refractivity contribution in [1.29, 1.82) is 0 Å². The number of benzene rings is 1. The molecule has 21 heavy (non-hydrogen) atoms. The van der Waals surface area contributed by atoms with Crippen molar-refractivity contribution < 1.29 is 32.6 Å². The Hall–Kier alpha value is -2.25. The van der Waals surface area contributed by atoms with E-state index in [1.165, 1.54) is 29.2 Å². The quantitative estimate of drug-likeness (QED) is 0.924. The van der Waals surface area contributed by atoms with Crippen LogP contribution in [0.1, 0.15) is 6.42 Å². The van der Waals surface area contributed by atoms with Gasteiger partial charge in [-0.05, 0) is 24.3 Å². The molecule has 1 aliphatic heterocycles. The summed E-state index contributed by atoms with van der Waals surface area (Å²) in [5.41, 5.74) is 0.433. The lowest BCUT2D eigenvalue weighted by molar-refractivity contribution is -0.153. The molecule has 1 aromatic carbocycles. The molecule has 114 valence electrons. The second-order valence-corrected chi connectivity index (χ2v) is 4.64. The molecule has 0 bridgehead atoms. The number of carbonyl (C=O) groups is 2. The van der Waals surface area contributed by atoms with Crippen LogP contribution < -0.4 is 9.64 Å². The number of rotatable bonds is 4. The first kappa shape index (κ1) is 15.1. The third-order valence-corrected chi connectivity index (χ3v) is 3.03. The molecular formula is C13H12F3NO4. The lowest BCUT2D eigenvalue weighted by Crippen LogP contribution is -2.25. The summed E-state index contributed by atoms with van der Waals surface area (Å²) in [6.45, 7) is -1.34. The molecule has 1 atom stereocenters. The Morgan fingerprint density at radius 1 is 1.33 bits per heavy atom. The Balaban J connectivity index is 2.02. The average molecular weight is 303 g/mol. The van der Waals surface area contributed by atoms with Gasteiger partial charge in [-0.3, -0.25) is 9.59 Å². The zero-order valence-corrected chi connectivity index (χ0v) is 10.8. The molecule has 1 saturated heterocycles. The van der Waals surface area contributed by atoms with Gasteiger partial charge in [-0.15, -0.1) is 0 Å². The fourth-order valence-corrected chi connectivity index (χ4v) is 2.01. The highest BCUT2D eigenvalue weighted by atomic mass is 19.4. The number of carboxylic acids is 1. The molecule has 0 aliphatic carbocycles. The highest BCUT2D eigenvalue weighted by molar-refractivity contribution is 5.99. The van der Waals surface area contributed by atoms with E-state index in [9.17, 15) is 22.8 Å². The predicted octanol–water partition coefficient (Wildman–Crippen LogP) is 2.07. The Labute approximate surface area is 117 Å². The summed E-state index contributed by atoms with van der Waals surface area (Å²) >= 11 is 0. The first-order valence-corrected chi connectivity index (χ1v) is 6.09. The Bertz CT molecular complexity index is 541. The van der Waals surface area contributed by atoms with Gasteiger partial charge >= 0.3 is 12.1 Å². The number of carbonyl (C=O) groups excluding carboxylic acids is 1. The number of alkyl halides is 3. The van der Waals surface area contributed by atoms with Crippen molar-refractivity contribution >= 4 is 17.6 Å². The van der Waals surface area contributed by atoms with Gasteiger partial charge in [0, 0.05) is 18.7 Å². The van der Waals surface area contributed by atoms with Crippen molar-refractivity contribution in [3.05, 3.63) is 24.3 Å². The molecule has 1 N–H and O–H groups in total. The molecule has 0 radical (unpaired) electrons. The molecule has 0 saturated carbocycles.